The topological polar surface area (TPSA) is 46.3 Å². The smallest absolute Gasteiger partial charge is 0.233 e. The van der Waals surface area contributed by atoms with Crippen LogP contribution in [0.3, 0.4) is 0 Å². The SMILES string of the molecule is C=CCN(CC=C)C(=O)CSc1cccc(N)c1. The Labute approximate surface area is 112 Å². The summed E-state index contributed by atoms with van der Waals surface area (Å²) in [5.74, 6) is 0.465. The van der Waals surface area contributed by atoms with E-state index in [9.17, 15) is 4.79 Å². The molecular weight excluding hydrogens is 244 g/mol. The molecule has 0 spiro atoms. The molecule has 1 rings (SSSR count). The molecule has 0 unspecified atom stereocenters. The van der Waals surface area contributed by atoms with Crippen LogP contribution in [-0.2, 0) is 4.79 Å². The normalized spacial score (nSPS) is 9.78. The molecule has 96 valence electrons. The van der Waals surface area contributed by atoms with Crippen LogP contribution in [0.4, 0.5) is 5.69 Å². The van der Waals surface area contributed by atoms with Gasteiger partial charge in [0.25, 0.3) is 0 Å². The first kappa shape index (κ1) is 14.4. The molecule has 2 N–H and O–H groups in total. The molecule has 0 radical (unpaired) electrons. The first-order valence-corrected chi connectivity index (χ1v) is 6.64. The first-order valence-electron chi connectivity index (χ1n) is 5.65. The van der Waals surface area contributed by atoms with Gasteiger partial charge in [-0.05, 0) is 18.2 Å². The number of carbonyl (C=O) groups is 1. The molecule has 0 heterocycles. The third kappa shape index (κ3) is 4.67. The summed E-state index contributed by atoms with van der Waals surface area (Å²) >= 11 is 1.48. The monoisotopic (exact) mass is 262 g/mol. The molecule has 0 fully saturated rings. The minimum absolute atomic E-state index is 0.0715. The fourth-order valence-corrected chi connectivity index (χ4v) is 2.30. The largest absolute Gasteiger partial charge is 0.399 e. The molecule has 0 saturated heterocycles. The van der Waals surface area contributed by atoms with Crippen LogP contribution in [0, 0.1) is 0 Å². The highest BCUT2D eigenvalue weighted by molar-refractivity contribution is 8.00. The Morgan fingerprint density at radius 2 is 2.00 bits per heavy atom. The van der Waals surface area contributed by atoms with Gasteiger partial charge >= 0.3 is 0 Å². The van der Waals surface area contributed by atoms with Crippen LogP contribution in [0.5, 0.6) is 0 Å². The minimum Gasteiger partial charge on any atom is -0.399 e. The molecule has 0 aliphatic heterocycles. The van der Waals surface area contributed by atoms with Crippen LogP contribution >= 0.6 is 11.8 Å². The molecule has 0 bridgehead atoms. The number of carbonyl (C=O) groups excluding carboxylic acids is 1. The summed E-state index contributed by atoms with van der Waals surface area (Å²) in [5.41, 5.74) is 6.39. The molecule has 0 atom stereocenters. The molecule has 18 heavy (non-hydrogen) atoms. The summed E-state index contributed by atoms with van der Waals surface area (Å²) in [5, 5.41) is 0. The van der Waals surface area contributed by atoms with E-state index in [0.717, 1.165) is 4.90 Å². The molecule has 0 aliphatic rings. The number of rotatable bonds is 7. The van der Waals surface area contributed by atoms with Crippen LogP contribution in [0.1, 0.15) is 0 Å². The Bertz CT molecular complexity index is 422. The zero-order valence-electron chi connectivity index (χ0n) is 10.3. The van der Waals surface area contributed by atoms with Crippen LogP contribution in [0.2, 0.25) is 0 Å². The number of hydrogen-bond acceptors (Lipinski definition) is 3. The number of nitrogens with zero attached hydrogens (tertiary/aromatic N) is 1. The molecule has 4 heteroatoms. The van der Waals surface area contributed by atoms with E-state index in [0.29, 0.717) is 24.5 Å². The number of amides is 1. The molecule has 3 nitrogen and oxygen atoms in total. The first-order chi connectivity index (χ1) is 8.67. The average molecular weight is 262 g/mol. The number of benzene rings is 1. The molecule has 0 aliphatic carbocycles. The summed E-state index contributed by atoms with van der Waals surface area (Å²) < 4.78 is 0. The molecule has 1 amide bonds. The summed E-state index contributed by atoms with van der Waals surface area (Å²) in [6.07, 6.45) is 3.43. The highest BCUT2D eigenvalue weighted by atomic mass is 32.2. The fourth-order valence-electron chi connectivity index (χ4n) is 1.43. The number of nitrogens with two attached hydrogens (primary N) is 1. The van der Waals surface area contributed by atoms with Crippen molar-refractivity contribution in [1.29, 1.82) is 0 Å². The van der Waals surface area contributed by atoms with E-state index in [1.54, 1.807) is 17.1 Å². The van der Waals surface area contributed by atoms with Crippen molar-refractivity contribution in [2.45, 2.75) is 4.90 Å². The van der Waals surface area contributed by atoms with Crippen LogP contribution in [-0.4, -0.2) is 29.6 Å². The highest BCUT2D eigenvalue weighted by Gasteiger charge is 2.10. The average Bonchev–Trinajstić information content (AvgIpc) is 2.36. The van der Waals surface area contributed by atoms with Crippen molar-refractivity contribution >= 4 is 23.4 Å². The zero-order valence-corrected chi connectivity index (χ0v) is 11.2. The van der Waals surface area contributed by atoms with Gasteiger partial charge in [-0.3, -0.25) is 4.79 Å². The Kier molecular flexibility index (Phi) is 6.08. The predicted octanol–water partition coefficient (Wildman–Crippen LogP) is 2.56. The van der Waals surface area contributed by atoms with Crippen molar-refractivity contribution in [3.05, 3.63) is 49.6 Å². The van der Waals surface area contributed by atoms with Crippen molar-refractivity contribution in [3.8, 4) is 0 Å². The van der Waals surface area contributed by atoms with Gasteiger partial charge in [0.1, 0.15) is 0 Å². The third-order valence-electron chi connectivity index (χ3n) is 2.27. The third-order valence-corrected chi connectivity index (χ3v) is 3.25. The molecular formula is C14H18N2OS. The molecule has 1 aromatic rings. The summed E-state index contributed by atoms with van der Waals surface area (Å²) in [6, 6.07) is 7.52. The van der Waals surface area contributed by atoms with Gasteiger partial charge in [0.05, 0.1) is 5.75 Å². The summed E-state index contributed by atoms with van der Waals surface area (Å²) in [6.45, 7) is 8.37. The van der Waals surface area contributed by atoms with E-state index < -0.39 is 0 Å². The van der Waals surface area contributed by atoms with Gasteiger partial charge in [0.15, 0.2) is 0 Å². The highest BCUT2D eigenvalue weighted by Crippen LogP contribution is 2.20. The number of thioether (sulfide) groups is 1. The maximum absolute atomic E-state index is 12.0. The number of hydrogen-bond donors (Lipinski definition) is 1. The standard InChI is InChI=1S/C14H18N2OS/c1-3-8-16(9-4-2)14(17)11-18-13-7-5-6-12(15)10-13/h3-7,10H,1-2,8-9,11,15H2. The molecule has 1 aromatic carbocycles. The Balaban J connectivity index is 2.53. The Morgan fingerprint density at radius 3 is 2.56 bits per heavy atom. The lowest BCUT2D eigenvalue weighted by molar-refractivity contribution is -0.127. The van der Waals surface area contributed by atoms with Gasteiger partial charge in [-0.2, -0.15) is 0 Å². The van der Waals surface area contributed by atoms with E-state index in [-0.39, 0.29) is 5.91 Å². The van der Waals surface area contributed by atoms with Gasteiger partial charge in [0, 0.05) is 23.7 Å². The van der Waals surface area contributed by atoms with Gasteiger partial charge in [-0.1, -0.05) is 18.2 Å². The van der Waals surface area contributed by atoms with Gasteiger partial charge in [0.2, 0.25) is 5.91 Å². The second-order valence-electron chi connectivity index (χ2n) is 3.74. The van der Waals surface area contributed by atoms with Gasteiger partial charge in [-0.15, -0.1) is 24.9 Å². The van der Waals surface area contributed by atoms with E-state index in [1.165, 1.54) is 11.8 Å². The lowest BCUT2D eigenvalue weighted by Crippen LogP contribution is -2.32. The summed E-state index contributed by atoms with van der Waals surface area (Å²) in [4.78, 5) is 14.7. The van der Waals surface area contributed by atoms with E-state index in [2.05, 4.69) is 13.2 Å². The van der Waals surface area contributed by atoms with Crippen molar-refractivity contribution < 1.29 is 4.79 Å². The Hall–Kier alpha value is -1.68. The van der Waals surface area contributed by atoms with Crippen molar-refractivity contribution in [2.75, 3.05) is 24.6 Å². The molecule has 0 aromatic heterocycles. The van der Waals surface area contributed by atoms with Crippen molar-refractivity contribution in [1.82, 2.24) is 4.90 Å². The van der Waals surface area contributed by atoms with Crippen molar-refractivity contribution in [2.24, 2.45) is 0 Å². The maximum Gasteiger partial charge on any atom is 0.233 e. The Morgan fingerprint density at radius 1 is 1.33 bits per heavy atom. The van der Waals surface area contributed by atoms with E-state index in [4.69, 9.17) is 5.73 Å². The quantitative estimate of drug-likeness (QED) is 0.467. The van der Waals surface area contributed by atoms with Crippen molar-refractivity contribution in [3.63, 3.8) is 0 Å². The lowest BCUT2D eigenvalue weighted by atomic mass is 10.3. The second-order valence-corrected chi connectivity index (χ2v) is 4.79. The maximum atomic E-state index is 12.0. The van der Waals surface area contributed by atoms with Gasteiger partial charge in [-0.25, -0.2) is 0 Å². The van der Waals surface area contributed by atoms with Crippen LogP contribution in [0.25, 0.3) is 0 Å². The van der Waals surface area contributed by atoms with Gasteiger partial charge < -0.3 is 10.6 Å². The van der Waals surface area contributed by atoms with E-state index >= 15 is 0 Å². The second kappa shape index (κ2) is 7.61. The number of nitrogen functional groups attached to an aromatic ring is 1. The zero-order chi connectivity index (χ0) is 13.4. The summed E-state index contributed by atoms with van der Waals surface area (Å²) in [7, 11) is 0. The lowest BCUT2D eigenvalue weighted by Gasteiger charge is -2.18. The van der Waals surface area contributed by atoms with Crippen LogP contribution < -0.4 is 5.73 Å². The van der Waals surface area contributed by atoms with Crippen LogP contribution in [0.15, 0.2) is 54.5 Å². The number of anilines is 1. The fraction of sp³-hybridized carbons (Fsp3) is 0.214. The predicted molar refractivity (Wildman–Crippen MR) is 78.6 cm³/mol. The molecule has 0 saturated carbocycles. The van der Waals surface area contributed by atoms with E-state index in [1.807, 2.05) is 24.3 Å². The minimum atomic E-state index is 0.0715.